The highest BCUT2D eigenvalue weighted by Crippen LogP contribution is 2.19. The SMILES string of the molecule is COc1ccc(Cc2nnc3ccc(Nc4cc(F)cc(F)c4)nn23)cc1. The second-order valence-electron chi connectivity index (χ2n) is 5.91. The maximum absolute atomic E-state index is 13.4. The highest BCUT2D eigenvalue weighted by molar-refractivity contribution is 5.57. The monoisotopic (exact) mass is 367 g/mol. The Balaban J connectivity index is 1.62. The first kappa shape index (κ1) is 16.9. The van der Waals surface area contributed by atoms with Crippen LogP contribution in [0.2, 0.25) is 0 Å². The molecular weight excluding hydrogens is 352 g/mol. The van der Waals surface area contributed by atoms with E-state index in [1.807, 2.05) is 24.3 Å². The van der Waals surface area contributed by atoms with Crippen LogP contribution in [0.4, 0.5) is 20.3 Å². The van der Waals surface area contributed by atoms with Crippen molar-refractivity contribution < 1.29 is 13.5 Å². The highest BCUT2D eigenvalue weighted by atomic mass is 19.1. The Morgan fingerprint density at radius 3 is 2.41 bits per heavy atom. The molecular formula is C19H15F2N5O. The Kier molecular flexibility index (Phi) is 4.37. The average molecular weight is 367 g/mol. The number of hydrogen-bond acceptors (Lipinski definition) is 5. The van der Waals surface area contributed by atoms with Crippen molar-refractivity contribution in [3.8, 4) is 5.75 Å². The Morgan fingerprint density at radius 2 is 1.70 bits per heavy atom. The van der Waals surface area contributed by atoms with Gasteiger partial charge in [-0.05, 0) is 42.0 Å². The predicted octanol–water partition coefficient (Wildman–Crippen LogP) is 3.75. The van der Waals surface area contributed by atoms with E-state index < -0.39 is 11.6 Å². The largest absolute Gasteiger partial charge is 0.497 e. The molecule has 0 atom stereocenters. The molecule has 2 aromatic heterocycles. The van der Waals surface area contributed by atoms with Gasteiger partial charge in [0, 0.05) is 18.2 Å². The summed E-state index contributed by atoms with van der Waals surface area (Å²) in [7, 11) is 1.62. The number of ether oxygens (including phenoxy) is 1. The van der Waals surface area contributed by atoms with Crippen molar-refractivity contribution in [2.24, 2.45) is 0 Å². The Labute approximate surface area is 153 Å². The van der Waals surface area contributed by atoms with Crippen molar-refractivity contribution in [3.05, 3.63) is 77.6 Å². The molecule has 8 heteroatoms. The van der Waals surface area contributed by atoms with Crippen molar-refractivity contribution in [1.29, 1.82) is 0 Å². The summed E-state index contributed by atoms with van der Waals surface area (Å²) in [6, 6.07) is 14.2. The summed E-state index contributed by atoms with van der Waals surface area (Å²) in [5, 5.41) is 15.6. The van der Waals surface area contributed by atoms with Crippen molar-refractivity contribution in [1.82, 2.24) is 19.8 Å². The standard InChI is InChI=1S/C19H15F2N5O/c1-27-16-4-2-12(3-5-16)8-19-24-23-18-7-6-17(25-26(18)19)22-15-10-13(20)9-14(21)11-15/h2-7,9-11H,8H2,1H3,(H,22,25). The number of anilines is 2. The molecule has 0 spiro atoms. The molecule has 0 bridgehead atoms. The lowest BCUT2D eigenvalue weighted by Gasteiger charge is -2.07. The lowest BCUT2D eigenvalue weighted by molar-refractivity contribution is 0.414. The van der Waals surface area contributed by atoms with Gasteiger partial charge in [0.15, 0.2) is 17.3 Å². The van der Waals surface area contributed by atoms with Gasteiger partial charge in [-0.25, -0.2) is 8.78 Å². The minimum Gasteiger partial charge on any atom is -0.497 e. The van der Waals surface area contributed by atoms with Gasteiger partial charge in [-0.1, -0.05) is 12.1 Å². The minimum absolute atomic E-state index is 0.268. The Morgan fingerprint density at radius 1 is 0.963 bits per heavy atom. The third kappa shape index (κ3) is 3.69. The second kappa shape index (κ2) is 6.99. The van der Waals surface area contributed by atoms with E-state index in [-0.39, 0.29) is 5.69 Å². The van der Waals surface area contributed by atoms with E-state index in [0.29, 0.717) is 23.7 Å². The van der Waals surface area contributed by atoms with E-state index in [2.05, 4.69) is 20.6 Å². The number of rotatable bonds is 5. The molecule has 4 rings (SSSR count). The predicted molar refractivity (Wildman–Crippen MR) is 96.2 cm³/mol. The van der Waals surface area contributed by atoms with Crippen LogP contribution in [-0.4, -0.2) is 26.9 Å². The number of aromatic nitrogens is 4. The van der Waals surface area contributed by atoms with Crippen LogP contribution in [0.15, 0.2) is 54.6 Å². The van der Waals surface area contributed by atoms with Gasteiger partial charge in [0.1, 0.15) is 17.4 Å². The second-order valence-corrected chi connectivity index (χ2v) is 5.91. The number of benzene rings is 2. The third-order valence-corrected chi connectivity index (χ3v) is 3.98. The summed E-state index contributed by atoms with van der Waals surface area (Å²) in [6.07, 6.45) is 0.524. The van der Waals surface area contributed by atoms with Gasteiger partial charge in [0.2, 0.25) is 0 Å². The molecule has 0 saturated carbocycles. The normalized spacial score (nSPS) is 10.9. The van der Waals surface area contributed by atoms with Crippen molar-refractivity contribution >= 4 is 17.2 Å². The summed E-state index contributed by atoms with van der Waals surface area (Å²) in [5.74, 6) is 0.510. The van der Waals surface area contributed by atoms with Crippen LogP contribution < -0.4 is 10.1 Å². The van der Waals surface area contributed by atoms with Crippen molar-refractivity contribution in [2.75, 3.05) is 12.4 Å². The first-order chi connectivity index (χ1) is 13.1. The molecule has 4 aromatic rings. The van der Waals surface area contributed by atoms with Crippen LogP contribution in [0.1, 0.15) is 11.4 Å². The summed E-state index contributed by atoms with van der Waals surface area (Å²) in [4.78, 5) is 0. The quantitative estimate of drug-likeness (QED) is 0.582. The molecule has 0 unspecified atom stereocenters. The van der Waals surface area contributed by atoms with E-state index in [9.17, 15) is 8.78 Å². The van der Waals surface area contributed by atoms with Crippen molar-refractivity contribution in [2.45, 2.75) is 6.42 Å². The highest BCUT2D eigenvalue weighted by Gasteiger charge is 2.10. The zero-order chi connectivity index (χ0) is 18.8. The zero-order valence-corrected chi connectivity index (χ0v) is 14.4. The van der Waals surface area contributed by atoms with Crippen LogP contribution in [0.25, 0.3) is 5.65 Å². The molecule has 0 saturated heterocycles. The smallest absolute Gasteiger partial charge is 0.178 e. The fourth-order valence-corrected chi connectivity index (χ4v) is 2.71. The number of halogens is 2. The maximum atomic E-state index is 13.4. The molecule has 0 aliphatic carbocycles. The van der Waals surface area contributed by atoms with Gasteiger partial charge in [-0.2, -0.15) is 4.52 Å². The van der Waals surface area contributed by atoms with E-state index in [0.717, 1.165) is 17.4 Å². The number of nitrogens with one attached hydrogen (secondary N) is 1. The summed E-state index contributed by atoms with van der Waals surface area (Å²) in [6.45, 7) is 0. The van der Waals surface area contributed by atoms with Crippen molar-refractivity contribution in [3.63, 3.8) is 0 Å². The van der Waals surface area contributed by atoms with Crippen LogP contribution in [0.5, 0.6) is 5.75 Å². The molecule has 0 amide bonds. The molecule has 0 radical (unpaired) electrons. The fraction of sp³-hybridized carbons (Fsp3) is 0.105. The molecule has 2 heterocycles. The molecule has 27 heavy (non-hydrogen) atoms. The summed E-state index contributed by atoms with van der Waals surface area (Å²) in [5.41, 5.74) is 1.87. The molecule has 6 nitrogen and oxygen atoms in total. The average Bonchev–Trinajstić information content (AvgIpc) is 3.04. The Bertz CT molecular complexity index is 1070. The topological polar surface area (TPSA) is 64.3 Å². The lowest BCUT2D eigenvalue weighted by atomic mass is 10.1. The molecule has 0 aliphatic heterocycles. The number of nitrogens with zero attached hydrogens (tertiary/aromatic N) is 4. The van der Waals surface area contributed by atoms with E-state index in [1.54, 1.807) is 23.8 Å². The fourth-order valence-electron chi connectivity index (χ4n) is 2.71. The van der Waals surface area contributed by atoms with Gasteiger partial charge < -0.3 is 10.1 Å². The first-order valence-corrected chi connectivity index (χ1v) is 8.18. The molecule has 1 N–H and O–H groups in total. The van der Waals surface area contributed by atoms with Crippen LogP contribution in [0.3, 0.4) is 0 Å². The summed E-state index contributed by atoms with van der Waals surface area (Å²) >= 11 is 0. The Hall–Kier alpha value is -3.55. The van der Waals surface area contributed by atoms with Crippen LogP contribution in [0, 0.1) is 11.6 Å². The van der Waals surface area contributed by atoms with E-state index >= 15 is 0 Å². The van der Waals surface area contributed by atoms with E-state index in [4.69, 9.17) is 4.74 Å². The number of fused-ring (bicyclic) bond motifs is 1. The van der Waals surface area contributed by atoms with E-state index in [1.165, 1.54) is 12.1 Å². The van der Waals surface area contributed by atoms with Gasteiger partial charge in [-0.15, -0.1) is 15.3 Å². The zero-order valence-electron chi connectivity index (χ0n) is 14.4. The van der Waals surface area contributed by atoms with Gasteiger partial charge in [-0.3, -0.25) is 0 Å². The number of methoxy groups -OCH3 is 1. The van der Waals surface area contributed by atoms with Gasteiger partial charge >= 0.3 is 0 Å². The summed E-state index contributed by atoms with van der Waals surface area (Å²) < 4.78 is 33.5. The first-order valence-electron chi connectivity index (χ1n) is 8.18. The van der Waals surface area contributed by atoms with Gasteiger partial charge in [0.25, 0.3) is 0 Å². The van der Waals surface area contributed by atoms with Gasteiger partial charge in [0.05, 0.1) is 7.11 Å². The van der Waals surface area contributed by atoms with Crippen LogP contribution >= 0.6 is 0 Å². The number of hydrogen-bond donors (Lipinski definition) is 1. The minimum atomic E-state index is -0.664. The van der Waals surface area contributed by atoms with Crippen LogP contribution in [-0.2, 0) is 6.42 Å². The maximum Gasteiger partial charge on any atom is 0.178 e. The molecule has 0 fully saturated rings. The molecule has 0 aliphatic rings. The lowest BCUT2D eigenvalue weighted by Crippen LogP contribution is -2.03. The molecule has 2 aromatic carbocycles. The third-order valence-electron chi connectivity index (χ3n) is 3.98. The molecule has 136 valence electrons.